The molecule has 0 fully saturated rings. The first-order chi connectivity index (χ1) is 10.7. The molecule has 0 spiro atoms. The van der Waals surface area contributed by atoms with E-state index in [0.29, 0.717) is 17.0 Å². The van der Waals surface area contributed by atoms with Gasteiger partial charge in [0, 0.05) is 5.56 Å². The van der Waals surface area contributed by atoms with Gasteiger partial charge in [-0.3, -0.25) is 0 Å². The average molecular weight is 294 g/mol. The van der Waals surface area contributed by atoms with Crippen LogP contribution in [0.5, 0.6) is 11.5 Å². The minimum absolute atomic E-state index is 0.128. The summed E-state index contributed by atoms with van der Waals surface area (Å²) in [5.41, 5.74) is 11.3. The van der Waals surface area contributed by atoms with Gasteiger partial charge in [0.25, 0.3) is 0 Å². The van der Waals surface area contributed by atoms with Gasteiger partial charge in [0.15, 0.2) is 17.2 Å². The molecule has 0 saturated heterocycles. The van der Waals surface area contributed by atoms with Crippen molar-refractivity contribution < 1.29 is 9.47 Å². The predicted molar refractivity (Wildman–Crippen MR) is 82.0 cm³/mol. The predicted octanol–water partition coefficient (Wildman–Crippen LogP) is 1.70. The van der Waals surface area contributed by atoms with Crippen molar-refractivity contribution >= 4 is 5.70 Å². The molecule has 2 aromatic carbocycles. The number of hydrogen-bond donors (Lipinski definition) is 3. The zero-order chi connectivity index (χ0) is 15.5. The van der Waals surface area contributed by atoms with Crippen LogP contribution in [-0.4, -0.2) is 6.79 Å². The van der Waals surface area contributed by atoms with Crippen molar-refractivity contribution in [1.29, 1.82) is 5.26 Å². The molecule has 5 N–H and O–H groups in total. The number of allylic oxidation sites excluding steroid dienone is 1. The number of benzene rings is 2. The number of nitrogens with one attached hydrogen (secondary N) is 1. The summed E-state index contributed by atoms with van der Waals surface area (Å²) >= 11 is 0. The van der Waals surface area contributed by atoms with Gasteiger partial charge in [-0.25, -0.2) is 5.84 Å². The Bertz CT molecular complexity index is 793. The smallest absolute Gasteiger partial charge is 0.231 e. The monoisotopic (exact) mass is 294 g/mol. The summed E-state index contributed by atoms with van der Waals surface area (Å²) in [4.78, 5) is 0. The first-order valence-electron chi connectivity index (χ1n) is 6.60. The van der Waals surface area contributed by atoms with Crippen molar-refractivity contribution in [1.82, 2.24) is 5.43 Å². The van der Waals surface area contributed by atoms with Crippen molar-refractivity contribution in [2.75, 3.05) is 6.79 Å². The number of ether oxygens (including phenoxy) is 2. The van der Waals surface area contributed by atoms with Gasteiger partial charge in [0.1, 0.15) is 6.07 Å². The highest BCUT2D eigenvalue weighted by atomic mass is 16.7. The number of fused-ring (bicyclic) bond motifs is 1. The first-order valence-corrected chi connectivity index (χ1v) is 6.60. The number of nitrogens with zero attached hydrogens (tertiary/aromatic N) is 1. The normalized spacial score (nSPS) is 13.3. The van der Waals surface area contributed by atoms with E-state index < -0.39 is 0 Å². The fraction of sp³-hybridized carbons (Fsp3) is 0.0625. The molecule has 1 aliphatic rings. The van der Waals surface area contributed by atoms with Crippen LogP contribution in [-0.2, 0) is 0 Å². The number of rotatable bonds is 3. The molecule has 1 heterocycles. The van der Waals surface area contributed by atoms with Gasteiger partial charge < -0.3 is 20.6 Å². The summed E-state index contributed by atoms with van der Waals surface area (Å²) < 4.78 is 10.7. The molecule has 22 heavy (non-hydrogen) atoms. The van der Waals surface area contributed by atoms with Gasteiger partial charge >= 0.3 is 0 Å². The second kappa shape index (κ2) is 5.68. The van der Waals surface area contributed by atoms with Gasteiger partial charge in [0.2, 0.25) is 6.79 Å². The minimum atomic E-state index is 0.128. The molecular formula is C16H14N4O2. The van der Waals surface area contributed by atoms with E-state index in [9.17, 15) is 0 Å². The molecule has 0 aromatic heterocycles. The fourth-order valence-electron chi connectivity index (χ4n) is 2.26. The maximum Gasteiger partial charge on any atom is 0.231 e. The highest BCUT2D eigenvalue weighted by molar-refractivity contribution is 5.75. The largest absolute Gasteiger partial charge is 0.454 e. The third-order valence-electron chi connectivity index (χ3n) is 3.40. The van der Waals surface area contributed by atoms with Crippen LogP contribution in [0.2, 0.25) is 0 Å². The lowest BCUT2D eigenvalue weighted by Crippen LogP contribution is -2.23. The Balaban J connectivity index is 2.02. The van der Waals surface area contributed by atoms with Gasteiger partial charge in [-0.1, -0.05) is 24.3 Å². The Kier molecular flexibility index (Phi) is 3.56. The van der Waals surface area contributed by atoms with E-state index in [2.05, 4.69) is 5.43 Å². The van der Waals surface area contributed by atoms with Crippen molar-refractivity contribution in [2.45, 2.75) is 0 Å². The zero-order valence-electron chi connectivity index (χ0n) is 11.7. The Morgan fingerprint density at radius 1 is 1.09 bits per heavy atom. The molecule has 0 radical (unpaired) electrons. The molecule has 6 heteroatoms. The van der Waals surface area contributed by atoms with Gasteiger partial charge in [-0.2, -0.15) is 5.26 Å². The molecule has 0 bridgehead atoms. The Hall–Kier alpha value is -3.17. The number of hydrogen-bond acceptors (Lipinski definition) is 6. The number of hydrazine groups is 1. The summed E-state index contributed by atoms with van der Waals surface area (Å²) in [6.45, 7) is 0.238. The maximum atomic E-state index is 8.99. The molecule has 0 atom stereocenters. The van der Waals surface area contributed by atoms with Crippen LogP contribution in [0.3, 0.4) is 0 Å². The van der Waals surface area contributed by atoms with Crippen molar-refractivity contribution in [2.24, 2.45) is 11.6 Å². The van der Waals surface area contributed by atoms with Crippen LogP contribution >= 0.6 is 0 Å². The third kappa shape index (κ3) is 2.41. The van der Waals surface area contributed by atoms with Crippen LogP contribution in [0.15, 0.2) is 48.2 Å². The number of nitriles is 1. The SMILES string of the molecule is N#C/C(NN)=C(/N)c1cccc(-c2ccc3c(c2)OCO3)c1. The lowest BCUT2D eigenvalue weighted by Gasteiger charge is -2.08. The molecule has 0 aliphatic carbocycles. The molecule has 2 aromatic rings. The van der Waals surface area contributed by atoms with E-state index >= 15 is 0 Å². The van der Waals surface area contributed by atoms with Gasteiger partial charge in [-0.15, -0.1) is 0 Å². The van der Waals surface area contributed by atoms with Gasteiger partial charge in [0.05, 0.1) is 5.70 Å². The molecule has 1 aliphatic heterocycles. The van der Waals surface area contributed by atoms with Crippen LogP contribution in [0.1, 0.15) is 5.56 Å². The summed E-state index contributed by atoms with van der Waals surface area (Å²) in [5, 5.41) is 8.99. The van der Waals surface area contributed by atoms with E-state index in [1.165, 1.54) is 0 Å². The second-order valence-corrected chi connectivity index (χ2v) is 4.69. The Labute approximate surface area is 127 Å². The average Bonchev–Trinajstić information content (AvgIpc) is 3.03. The highest BCUT2D eigenvalue weighted by Gasteiger charge is 2.14. The lowest BCUT2D eigenvalue weighted by molar-refractivity contribution is 0.174. The van der Waals surface area contributed by atoms with Crippen molar-refractivity contribution in [3.63, 3.8) is 0 Å². The zero-order valence-corrected chi connectivity index (χ0v) is 11.7. The lowest BCUT2D eigenvalue weighted by atomic mass is 10.0. The minimum Gasteiger partial charge on any atom is -0.454 e. The Morgan fingerprint density at radius 3 is 2.64 bits per heavy atom. The molecular weight excluding hydrogens is 280 g/mol. The summed E-state index contributed by atoms with van der Waals surface area (Å²) in [7, 11) is 0. The van der Waals surface area contributed by atoms with Crippen molar-refractivity contribution in [3.05, 3.63) is 53.7 Å². The summed E-state index contributed by atoms with van der Waals surface area (Å²) in [5.74, 6) is 6.74. The van der Waals surface area contributed by atoms with E-state index in [0.717, 1.165) is 16.9 Å². The third-order valence-corrected chi connectivity index (χ3v) is 3.40. The molecule has 3 rings (SSSR count). The van der Waals surface area contributed by atoms with E-state index in [1.54, 1.807) is 0 Å². The van der Waals surface area contributed by atoms with Crippen molar-refractivity contribution in [3.8, 4) is 28.7 Å². The molecule has 6 nitrogen and oxygen atoms in total. The first kappa shape index (κ1) is 13.8. The summed E-state index contributed by atoms with van der Waals surface area (Å²) in [6.07, 6.45) is 0. The van der Waals surface area contributed by atoms with Crippen LogP contribution < -0.4 is 26.5 Å². The Morgan fingerprint density at radius 2 is 1.86 bits per heavy atom. The van der Waals surface area contributed by atoms with Crippen LogP contribution in [0.4, 0.5) is 0 Å². The quantitative estimate of drug-likeness (QED) is 0.452. The van der Waals surface area contributed by atoms with E-state index in [1.807, 2.05) is 48.5 Å². The number of nitrogens with two attached hydrogens (primary N) is 2. The van der Waals surface area contributed by atoms with Crippen LogP contribution in [0, 0.1) is 11.3 Å². The second-order valence-electron chi connectivity index (χ2n) is 4.69. The molecule has 110 valence electrons. The molecule has 0 unspecified atom stereocenters. The van der Waals surface area contributed by atoms with E-state index in [4.69, 9.17) is 26.3 Å². The van der Waals surface area contributed by atoms with Crippen LogP contribution in [0.25, 0.3) is 16.8 Å². The fourth-order valence-corrected chi connectivity index (χ4v) is 2.26. The standard InChI is InChI=1S/C16H14N4O2/c17-8-13(20-19)16(18)12-3-1-2-10(6-12)11-4-5-14-15(7-11)22-9-21-14/h1-7,20H,9,18-19H2/b16-13-. The highest BCUT2D eigenvalue weighted by Crippen LogP contribution is 2.36. The van der Waals surface area contributed by atoms with Gasteiger partial charge in [-0.05, 0) is 29.3 Å². The molecule has 0 saturated carbocycles. The maximum absolute atomic E-state index is 8.99. The molecule has 0 amide bonds. The topological polar surface area (TPSA) is 106 Å². The van der Waals surface area contributed by atoms with E-state index in [-0.39, 0.29) is 12.5 Å². The summed E-state index contributed by atoms with van der Waals surface area (Å²) in [6, 6.07) is 15.2.